The molecule has 0 N–H and O–H groups in total. The number of rotatable bonds is 0. The molecule has 0 heterocycles. The monoisotopic (exact) mass is 511 g/mol. The second-order valence-electron chi connectivity index (χ2n) is 4.36. The van der Waals surface area contributed by atoms with E-state index in [9.17, 15) is 0 Å². The molecule has 0 atom stereocenters. The average Bonchev–Trinajstić information content (AvgIpc) is 3.10. The first-order valence-electron chi connectivity index (χ1n) is 6.20. The summed E-state index contributed by atoms with van der Waals surface area (Å²) in [5, 5.41) is 0. The van der Waals surface area contributed by atoms with Crippen LogP contribution in [-0.2, 0) is 32.3 Å². The first-order chi connectivity index (χ1) is 8.95. The molecule has 0 aromatic heterocycles. The Bertz CT molecular complexity index is 578. The van der Waals surface area contributed by atoms with Gasteiger partial charge in [-0.15, -0.1) is 5.56 Å². The van der Waals surface area contributed by atoms with Gasteiger partial charge in [0.05, 0.1) is 0 Å². The van der Waals surface area contributed by atoms with E-state index in [0.717, 1.165) is 6.42 Å². The standard InChI is InChI=1S/C13H9.C5H5.2ClH.Hf.H3Si/c1-3-7-12-10(5-1)9-11-6-2-4-8-13(11)12;1-2-4-5-3-1;;;;/h1-5,7-8H,9H2;1-5H;2*1H;;1H3/q2*-1;;;+4;/p-2. The quantitative estimate of drug-likeness (QED) is 0.178. The van der Waals surface area contributed by atoms with E-state index in [0.29, 0.717) is 0 Å². The second kappa shape index (κ2) is 12.0. The molecule has 22 heavy (non-hydrogen) atoms. The Kier molecular flexibility index (Phi) is 12.9. The fourth-order valence-corrected chi connectivity index (χ4v) is 2.32. The zero-order chi connectivity index (χ0) is 12.2. The van der Waals surface area contributed by atoms with Gasteiger partial charge in [-0.1, -0.05) is 35.4 Å². The minimum atomic E-state index is 0. The minimum Gasteiger partial charge on any atom is -1.00 e. The Morgan fingerprint density at radius 2 is 1.45 bits per heavy atom. The number of benzene rings is 2. The van der Waals surface area contributed by atoms with Crippen LogP contribution < -0.4 is 24.8 Å². The summed E-state index contributed by atoms with van der Waals surface area (Å²) >= 11 is 0. The van der Waals surface area contributed by atoms with Crippen molar-refractivity contribution >= 4 is 11.0 Å². The first kappa shape index (κ1) is 23.7. The van der Waals surface area contributed by atoms with Gasteiger partial charge < -0.3 is 24.8 Å². The minimum absolute atomic E-state index is 0. The van der Waals surface area contributed by atoms with Crippen molar-refractivity contribution in [2.24, 2.45) is 0 Å². The number of hydrogen-bond acceptors (Lipinski definition) is 0. The summed E-state index contributed by atoms with van der Waals surface area (Å²) in [6.45, 7) is 0. The Hall–Kier alpha value is -0.543. The predicted molar refractivity (Wildman–Crippen MR) is 85.5 cm³/mol. The largest absolute Gasteiger partial charge is 4.00 e. The summed E-state index contributed by atoms with van der Waals surface area (Å²) in [5.74, 6) is 0. The van der Waals surface area contributed by atoms with Crippen molar-refractivity contribution in [3.8, 4) is 11.1 Å². The first-order valence-corrected chi connectivity index (χ1v) is 6.20. The molecule has 4 rings (SSSR count). The Labute approximate surface area is 168 Å². The molecule has 3 aromatic rings. The summed E-state index contributed by atoms with van der Waals surface area (Å²) in [6.07, 6.45) is 1.05. The van der Waals surface area contributed by atoms with Crippen molar-refractivity contribution in [1.82, 2.24) is 0 Å². The van der Waals surface area contributed by atoms with Crippen molar-refractivity contribution < 1.29 is 50.7 Å². The SMILES string of the molecule is [Cl-].[Cl-].[Hf+4].[SiH3].[c-]1cccc2c1Cc1ccccc1-2.c1cc[cH-]c1. The summed E-state index contributed by atoms with van der Waals surface area (Å²) in [4.78, 5) is 0. The van der Waals surface area contributed by atoms with Crippen molar-refractivity contribution in [3.05, 3.63) is 90.0 Å². The summed E-state index contributed by atoms with van der Waals surface area (Å²) in [5.41, 5.74) is 5.51. The fourth-order valence-electron chi connectivity index (χ4n) is 2.32. The van der Waals surface area contributed by atoms with E-state index in [1.165, 1.54) is 22.3 Å². The molecule has 4 heteroatoms. The van der Waals surface area contributed by atoms with Gasteiger partial charge in [0.2, 0.25) is 0 Å². The van der Waals surface area contributed by atoms with Crippen LogP contribution >= 0.6 is 0 Å². The second-order valence-corrected chi connectivity index (χ2v) is 4.36. The molecule has 0 saturated carbocycles. The van der Waals surface area contributed by atoms with Crippen LogP contribution in [0.2, 0.25) is 0 Å². The number of halogens is 2. The molecular weight excluding hydrogens is 494 g/mol. The van der Waals surface area contributed by atoms with Gasteiger partial charge in [0, 0.05) is 0 Å². The smallest absolute Gasteiger partial charge is 1.00 e. The van der Waals surface area contributed by atoms with Crippen LogP contribution in [-0.4, -0.2) is 11.0 Å². The zero-order valence-corrected chi connectivity index (χ0v) is 19.5. The summed E-state index contributed by atoms with van der Waals surface area (Å²) in [7, 11) is 0. The molecule has 3 aromatic carbocycles. The van der Waals surface area contributed by atoms with Crippen LogP contribution in [0.15, 0.2) is 72.8 Å². The van der Waals surface area contributed by atoms with Crippen LogP contribution in [0.3, 0.4) is 0 Å². The summed E-state index contributed by atoms with van der Waals surface area (Å²) in [6, 6.07) is 28.1. The van der Waals surface area contributed by atoms with Gasteiger partial charge in [-0.25, -0.2) is 12.1 Å². The van der Waals surface area contributed by atoms with Crippen LogP contribution in [0.5, 0.6) is 0 Å². The topological polar surface area (TPSA) is 0 Å². The van der Waals surface area contributed by atoms with Gasteiger partial charge >= 0.3 is 25.8 Å². The van der Waals surface area contributed by atoms with Crippen molar-refractivity contribution in [3.63, 3.8) is 0 Å². The third kappa shape index (κ3) is 5.58. The Balaban J connectivity index is 0. The number of fused-ring (bicyclic) bond motifs is 3. The van der Waals surface area contributed by atoms with Gasteiger partial charge in [0.1, 0.15) is 0 Å². The molecule has 0 nitrogen and oxygen atoms in total. The van der Waals surface area contributed by atoms with E-state index < -0.39 is 0 Å². The van der Waals surface area contributed by atoms with Gasteiger partial charge in [-0.3, -0.25) is 0 Å². The molecule has 0 bridgehead atoms. The van der Waals surface area contributed by atoms with E-state index in [-0.39, 0.29) is 61.6 Å². The molecule has 0 aliphatic heterocycles. The predicted octanol–water partition coefficient (Wildman–Crippen LogP) is -2.71. The van der Waals surface area contributed by atoms with Crippen molar-refractivity contribution in [1.29, 1.82) is 0 Å². The van der Waals surface area contributed by atoms with Crippen LogP contribution in [0.1, 0.15) is 11.1 Å². The molecule has 111 valence electrons. The molecule has 0 spiro atoms. The van der Waals surface area contributed by atoms with E-state index in [1.807, 2.05) is 36.4 Å². The van der Waals surface area contributed by atoms with Gasteiger partial charge in [-0.2, -0.15) is 48.0 Å². The van der Waals surface area contributed by atoms with Crippen LogP contribution in [0.25, 0.3) is 11.1 Å². The molecule has 0 unspecified atom stereocenters. The average molecular weight is 511 g/mol. The molecule has 1 aliphatic rings. The van der Waals surface area contributed by atoms with Crippen LogP contribution in [0.4, 0.5) is 0 Å². The number of hydrogen-bond donors (Lipinski definition) is 0. The zero-order valence-electron chi connectivity index (χ0n) is 12.4. The maximum atomic E-state index is 3.30. The molecule has 1 aliphatic carbocycles. The molecule has 0 amide bonds. The molecular formula is C18H17Cl2HfSi. The Morgan fingerprint density at radius 3 is 2.09 bits per heavy atom. The molecule has 0 saturated heterocycles. The molecule has 0 fully saturated rings. The summed E-state index contributed by atoms with van der Waals surface area (Å²) < 4.78 is 0. The van der Waals surface area contributed by atoms with Crippen LogP contribution in [0, 0.1) is 6.07 Å². The third-order valence-corrected chi connectivity index (χ3v) is 3.17. The van der Waals surface area contributed by atoms with Gasteiger partial charge in [0.15, 0.2) is 0 Å². The normalized spacial score (nSPS) is 9.09. The molecule has 1 radical (unpaired) electrons. The third-order valence-electron chi connectivity index (χ3n) is 3.17. The maximum absolute atomic E-state index is 3.30. The van der Waals surface area contributed by atoms with E-state index in [1.54, 1.807) is 0 Å². The Morgan fingerprint density at radius 1 is 0.818 bits per heavy atom. The fraction of sp³-hybridized carbons (Fsp3) is 0.0556. The van der Waals surface area contributed by atoms with E-state index >= 15 is 0 Å². The van der Waals surface area contributed by atoms with Gasteiger partial charge in [0.25, 0.3) is 0 Å². The van der Waals surface area contributed by atoms with E-state index in [2.05, 4.69) is 42.5 Å². The van der Waals surface area contributed by atoms with Crippen molar-refractivity contribution in [2.45, 2.75) is 6.42 Å². The van der Waals surface area contributed by atoms with Gasteiger partial charge in [-0.05, 0) is 17.4 Å². The maximum Gasteiger partial charge on any atom is 4.00 e. The van der Waals surface area contributed by atoms with Crippen molar-refractivity contribution in [2.75, 3.05) is 0 Å². The van der Waals surface area contributed by atoms with E-state index in [4.69, 9.17) is 0 Å².